The fourth-order valence-electron chi connectivity index (χ4n) is 4.04. The molecular formula is C14H26N2. The Morgan fingerprint density at radius 2 is 1.88 bits per heavy atom. The molecule has 0 radical (unpaired) electrons. The van der Waals surface area contributed by atoms with Gasteiger partial charge in [0.05, 0.1) is 0 Å². The second-order valence-corrected chi connectivity index (χ2v) is 6.35. The lowest BCUT2D eigenvalue weighted by molar-refractivity contribution is 0.128. The average Bonchev–Trinajstić information content (AvgIpc) is 2.58. The first-order chi connectivity index (χ1) is 7.81. The zero-order valence-electron chi connectivity index (χ0n) is 10.6. The van der Waals surface area contributed by atoms with E-state index in [4.69, 9.17) is 0 Å². The maximum absolute atomic E-state index is 3.79. The van der Waals surface area contributed by atoms with Crippen LogP contribution in [-0.4, -0.2) is 36.1 Å². The summed E-state index contributed by atoms with van der Waals surface area (Å²) in [4.78, 5) is 2.81. The molecule has 2 saturated heterocycles. The van der Waals surface area contributed by atoms with Crippen molar-refractivity contribution >= 4 is 0 Å². The molecule has 1 N–H and O–H groups in total. The average molecular weight is 222 g/mol. The molecule has 0 aromatic heterocycles. The zero-order valence-corrected chi connectivity index (χ0v) is 10.6. The Labute approximate surface area is 99.8 Å². The summed E-state index contributed by atoms with van der Waals surface area (Å²) < 4.78 is 0. The minimum absolute atomic E-state index is 0.810. The quantitative estimate of drug-likeness (QED) is 0.733. The van der Waals surface area contributed by atoms with Gasteiger partial charge in [-0.1, -0.05) is 19.8 Å². The van der Waals surface area contributed by atoms with Gasteiger partial charge in [-0.2, -0.15) is 0 Å². The van der Waals surface area contributed by atoms with Gasteiger partial charge < -0.3 is 5.32 Å². The van der Waals surface area contributed by atoms with E-state index in [1.54, 1.807) is 0 Å². The lowest BCUT2D eigenvalue weighted by Gasteiger charge is -2.37. The Kier molecular flexibility index (Phi) is 3.21. The van der Waals surface area contributed by atoms with Crippen molar-refractivity contribution in [2.75, 3.05) is 13.1 Å². The Morgan fingerprint density at radius 3 is 2.75 bits per heavy atom. The van der Waals surface area contributed by atoms with Crippen LogP contribution in [0.5, 0.6) is 0 Å². The largest absolute Gasteiger partial charge is 0.310 e. The van der Waals surface area contributed by atoms with Crippen molar-refractivity contribution in [2.24, 2.45) is 5.92 Å². The maximum atomic E-state index is 3.79. The van der Waals surface area contributed by atoms with E-state index in [1.165, 1.54) is 58.0 Å². The van der Waals surface area contributed by atoms with Crippen LogP contribution in [0.25, 0.3) is 0 Å². The summed E-state index contributed by atoms with van der Waals surface area (Å²) in [7, 11) is 0. The highest BCUT2D eigenvalue weighted by Gasteiger charge is 2.33. The Balaban J connectivity index is 1.61. The molecule has 92 valence electrons. The van der Waals surface area contributed by atoms with Crippen molar-refractivity contribution < 1.29 is 0 Å². The molecule has 4 atom stereocenters. The van der Waals surface area contributed by atoms with E-state index in [2.05, 4.69) is 17.1 Å². The van der Waals surface area contributed by atoms with Crippen molar-refractivity contribution in [3.63, 3.8) is 0 Å². The smallest absolute Gasteiger partial charge is 0.0198 e. The van der Waals surface area contributed by atoms with Crippen LogP contribution in [0, 0.1) is 5.92 Å². The molecule has 16 heavy (non-hydrogen) atoms. The topological polar surface area (TPSA) is 15.3 Å². The molecule has 0 aromatic carbocycles. The predicted octanol–water partition coefficient (Wildman–Crippen LogP) is 2.39. The van der Waals surface area contributed by atoms with Crippen LogP contribution in [-0.2, 0) is 0 Å². The number of fused-ring (bicyclic) bond motifs is 2. The molecule has 2 heterocycles. The molecule has 1 aliphatic carbocycles. The first kappa shape index (κ1) is 11.0. The van der Waals surface area contributed by atoms with Gasteiger partial charge in [-0.05, 0) is 44.6 Å². The Morgan fingerprint density at radius 1 is 1.00 bits per heavy atom. The van der Waals surface area contributed by atoms with Gasteiger partial charge in [0, 0.05) is 24.7 Å². The highest BCUT2D eigenvalue weighted by molar-refractivity contribution is 4.92. The third kappa shape index (κ3) is 2.28. The van der Waals surface area contributed by atoms with Crippen LogP contribution >= 0.6 is 0 Å². The minimum Gasteiger partial charge on any atom is -0.310 e. The van der Waals surface area contributed by atoms with Crippen molar-refractivity contribution in [2.45, 2.75) is 70.0 Å². The van der Waals surface area contributed by atoms with Crippen molar-refractivity contribution in [1.29, 1.82) is 0 Å². The molecule has 2 bridgehead atoms. The van der Waals surface area contributed by atoms with E-state index in [-0.39, 0.29) is 0 Å². The van der Waals surface area contributed by atoms with Gasteiger partial charge >= 0.3 is 0 Å². The van der Waals surface area contributed by atoms with Crippen molar-refractivity contribution in [1.82, 2.24) is 10.2 Å². The molecule has 0 amide bonds. The first-order valence-corrected chi connectivity index (χ1v) is 7.31. The number of nitrogens with zero attached hydrogens (tertiary/aromatic N) is 1. The van der Waals surface area contributed by atoms with E-state index < -0.39 is 0 Å². The minimum atomic E-state index is 0.810. The number of hydrogen-bond acceptors (Lipinski definition) is 2. The van der Waals surface area contributed by atoms with Gasteiger partial charge in [-0.25, -0.2) is 0 Å². The summed E-state index contributed by atoms with van der Waals surface area (Å²) in [6, 6.07) is 2.56. The van der Waals surface area contributed by atoms with Gasteiger partial charge in [0.2, 0.25) is 0 Å². The molecular weight excluding hydrogens is 196 g/mol. The van der Waals surface area contributed by atoms with E-state index >= 15 is 0 Å². The molecule has 2 heteroatoms. The third-order valence-electron chi connectivity index (χ3n) is 4.98. The zero-order chi connectivity index (χ0) is 11.0. The van der Waals surface area contributed by atoms with Crippen LogP contribution in [0.3, 0.4) is 0 Å². The third-order valence-corrected chi connectivity index (χ3v) is 4.98. The van der Waals surface area contributed by atoms with Gasteiger partial charge in [0.1, 0.15) is 0 Å². The van der Waals surface area contributed by atoms with E-state index in [1.807, 2.05) is 0 Å². The summed E-state index contributed by atoms with van der Waals surface area (Å²) in [5.41, 5.74) is 0. The molecule has 0 spiro atoms. The van der Waals surface area contributed by atoms with Crippen molar-refractivity contribution in [3.8, 4) is 0 Å². The molecule has 2 aliphatic heterocycles. The molecule has 3 aliphatic rings. The lowest BCUT2D eigenvalue weighted by atomic mass is 9.86. The molecule has 0 aromatic rings. The molecule has 4 unspecified atom stereocenters. The van der Waals surface area contributed by atoms with Crippen LogP contribution in [0.1, 0.15) is 51.9 Å². The van der Waals surface area contributed by atoms with Crippen LogP contribution in [0.4, 0.5) is 0 Å². The van der Waals surface area contributed by atoms with E-state index in [0.29, 0.717) is 0 Å². The van der Waals surface area contributed by atoms with Crippen LogP contribution in [0.2, 0.25) is 0 Å². The summed E-state index contributed by atoms with van der Waals surface area (Å²) in [6.45, 7) is 5.12. The number of hydrogen-bond donors (Lipinski definition) is 1. The van der Waals surface area contributed by atoms with Crippen molar-refractivity contribution in [3.05, 3.63) is 0 Å². The highest BCUT2D eigenvalue weighted by atomic mass is 15.2. The highest BCUT2D eigenvalue weighted by Crippen LogP contribution is 2.30. The summed E-state index contributed by atoms with van der Waals surface area (Å²) in [5, 5.41) is 3.79. The number of likely N-dealkylation sites (tertiary alicyclic amines) is 1. The fraction of sp³-hybridized carbons (Fsp3) is 1.00. The number of nitrogens with one attached hydrogen (secondary N) is 1. The van der Waals surface area contributed by atoms with Gasteiger partial charge in [-0.15, -0.1) is 0 Å². The predicted molar refractivity (Wildman–Crippen MR) is 67.6 cm³/mol. The van der Waals surface area contributed by atoms with Crippen LogP contribution < -0.4 is 5.32 Å². The Hall–Kier alpha value is -0.0800. The lowest BCUT2D eigenvalue weighted by Crippen LogP contribution is -2.43. The second-order valence-electron chi connectivity index (χ2n) is 6.35. The number of rotatable bonds is 1. The fourth-order valence-corrected chi connectivity index (χ4v) is 4.04. The summed E-state index contributed by atoms with van der Waals surface area (Å²) in [5.74, 6) is 0.965. The monoisotopic (exact) mass is 222 g/mol. The summed E-state index contributed by atoms with van der Waals surface area (Å²) >= 11 is 0. The van der Waals surface area contributed by atoms with Gasteiger partial charge in [-0.3, -0.25) is 4.90 Å². The van der Waals surface area contributed by atoms with E-state index in [9.17, 15) is 0 Å². The summed E-state index contributed by atoms with van der Waals surface area (Å²) in [6.07, 6.45) is 10.1. The molecule has 2 nitrogen and oxygen atoms in total. The Bertz CT molecular complexity index is 241. The second kappa shape index (κ2) is 4.66. The maximum Gasteiger partial charge on any atom is 0.0198 e. The normalized spacial score (nSPS) is 45.6. The first-order valence-electron chi connectivity index (χ1n) is 7.31. The van der Waals surface area contributed by atoms with Crippen LogP contribution in [0.15, 0.2) is 0 Å². The van der Waals surface area contributed by atoms with Gasteiger partial charge in [0.15, 0.2) is 0 Å². The molecule has 3 rings (SSSR count). The van der Waals surface area contributed by atoms with Gasteiger partial charge in [0.25, 0.3) is 0 Å². The van der Waals surface area contributed by atoms with E-state index in [0.717, 1.165) is 24.0 Å². The molecule has 1 saturated carbocycles. The molecule has 3 fully saturated rings. The standard InChI is InChI=1S/C14H26N2/c1-11-3-2-4-14(9-11)16-8-7-12-5-6-13(10-16)15-12/h11-15H,2-10H2,1H3. The SMILES string of the molecule is CC1CCCC(N2CCC3CCC(C2)N3)C1.